The fraction of sp³-hybridized carbons (Fsp3) is 0.350. The van der Waals surface area contributed by atoms with E-state index in [9.17, 15) is 22.4 Å². The molecule has 1 aliphatic heterocycles. The van der Waals surface area contributed by atoms with Gasteiger partial charge in [0.2, 0.25) is 0 Å². The molecule has 1 aromatic carbocycles. The lowest BCUT2D eigenvalue weighted by Crippen LogP contribution is -2.40. The van der Waals surface area contributed by atoms with Gasteiger partial charge < -0.3 is 15.6 Å². The fourth-order valence-corrected chi connectivity index (χ4v) is 3.40. The first-order valence-corrected chi connectivity index (χ1v) is 9.32. The number of allylic oxidation sites excluding steroid dienone is 2. The summed E-state index contributed by atoms with van der Waals surface area (Å²) in [5.74, 6) is -0.851. The van der Waals surface area contributed by atoms with E-state index in [2.05, 4.69) is 10.4 Å². The molecular weight excluding hydrogens is 402 g/mol. The van der Waals surface area contributed by atoms with Crippen LogP contribution in [-0.4, -0.2) is 33.3 Å². The van der Waals surface area contributed by atoms with Gasteiger partial charge in [-0.3, -0.25) is 9.48 Å². The zero-order valence-corrected chi connectivity index (χ0v) is 16.4. The summed E-state index contributed by atoms with van der Waals surface area (Å²) in [7, 11) is 0. The highest BCUT2D eigenvalue weighted by Gasteiger charge is 2.36. The molecule has 0 saturated carbocycles. The SMILES string of the molecule is Cc1cc(C(F)(F)F)nn1C(C)C(=O)N1CCCC(Nc2ccc(F)cc2)=C1C=N. The molecule has 2 heterocycles. The lowest BCUT2D eigenvalue weighted by Gasteiger charge is -2.32. The van der Waals surface area contributed by atoms with Crippen LogP contribution in [0.2, 0.25) is 0 Å². The number of alkyl halides is 3. The molecule has 6 nitrogen and oxygen atoms in total. The summed E-state index contributed by atoms with van der Waals surface area (Å²) in [6.07, 6.45) is -2.40. The van der Waals surface area contributed by atoms with Crippen molar-refractivity contribution in [2.45, 2.75) is 38.9 Å². The number of amides is 1. The maximum Gasteiger partial charge on any atom is 0.435 e. The molecule has 1 amide bonds. The van der Waals surface area contributed by atoms with Crippen LogP contribution in [0.3, 0.4) is 0 Å². The maximum atomic E-state index is 13.1. The summed E-state index contributed by atoms with van der Waals surface area (Å²) in [5, 5.41) is 14.4. The van der Waals surface area contributed by atoms with E-state index in [-0.39, 0.29) is 11.5 Å². The van der Waals surface area contributed by atoms with Gasteiger partial charge >= 0.3 is 6.18 Å². The second kappa shape index (κ2) is 8.29. The van der Waals surface area contributed by atoms with Gasteiger partial charge in [0.15, 0.2) is 5.69 Å². The topological polar surface area (TPSA) is 74.0 Å². The summed E-state index contributed by atoms with van der Waals surface area (Å²) in [6, 6.07) is 5.58. The van der Waals surface area contributed by atoms with Crippen LogP contribution in [0.5, 0.6) is 0 Å². The molecule has 0 aliphatic carbocycles. The smallest absolute Gasteiger partial charge is 0.357 e. The number of hydrogen-bond acceptors (Lipinski definition) is 4. The minimum atomic E-state index is -4.60. The Hall–Kier alpha value is -3.17. The largest absolute Gasteiger partial charge is 0.435 e. The van der Waals surface area contributed by atoms with Gasteiger partial charge in [0.05, 0.1) is 5.70 Å². The van der Waals surface area contributed by atoms with E-state index < -0.39 is 23.8 Å². The standard InChI is InChI=1S/C20H21F4N5O/c1-12-10-18(20(22,23)24)27-29(12)13(2)19(30)28-9-3-4-16(17(28)11-25)26-15-7-5-14(21)6-8-15/h5-8,10-11,13,25-26H,3-4,9H2,1-2H3. The summed E-state index contributed by atoms with van der Waals surface area (Å²) in [4.78, 5) is 14.5. The normalized spacial score (nSPS) is 15.9. The highest BCUT2D eigenvalue weighted by molar-refractivity contribution is 5.90. The zero-order chi connectivity index (χ0) is 22.1. The Bertz CT molecular complexity index is 978. The molecule has 0 fully saturated rings. The predicted octanol–water partition coefficient (Wildman–Crippen LogP) is 4.51. The van der Waals surface area contributed by atoms with Crippen molar-refractivity contribution >= 4 is 17.8 Å². The minimum absolute atomic E-state index is 0.213. The van der Waals surface area contributed by atoms with Crippen molar-refractivity contribution in [2.75, 3.05) is 11.9 Å². The first kappa shape index (κ1) is 21.5. The molecule has 0 bridgehead atoms. The molecule has 0 radical (unpaired) electrons. The van der Waals surface area contributed by atoms with Crippen molar-refractivity contribution in [3.8, 4) is 0 Å². The van der Waals surface area contributed by atoms with Gasteiger partial charge in [0, 0.05) is 29.8 Å². The lowest BCUT2D eigenvalue weighted by molar-refractivity contribution is -0.142. The van der Waals surface area contributed by atoms with E-state index in [4.69, 9.17) is 5.41 Å². The molecule has 30 heavy (non-hydrogen) atoms. The average Bonchev–Trinajstić information content (AvgIpc) is 3.10. The Balaban J connectivity index is 1.88. The summed E-state index contributed by atoms with van der Waals surface area (Å²) < 4.78 is 53.1. The van der Waals surface area contributed by atoms with Crippen LogP contribution in [0.15, 0.2) is 41.7 Å². The molecule has 0 spiro atoms. The number of hydrogen-bond donors (Lipinski definition) is 2. The molecule has 10 heteroatoms. The number of benzene rings is 1. The Morgan fingerprint density at radius 3 is 2.53 bits per heavy atom. The highest BCUT2D eigenvalue weighted by atomic mass is 19.4. The third-order valence-corrected chi connectivity index (χ3v) is 4.89. The van der Waals surface area contributed by atoms with Crippen LogP contribution in [0.1, 0.15) is 37.2 Å². The molecule has 2 aromatic rings. The molecular formula is C20H21F4N5O. The molecule has 0 saturated heterocycles. The predicted molar refractivity (Wildman–Crippen MR) is 103 cm³/mol. The number of aryl methyl sites for hydroxylation is 1. The number of carbonyl (C=O) groups excluding carboxylic acids is 1. The highest BCUT2D eigenvalue weighted by Crippen LogP contribution is 2.30. The molecule has 1 atom stereocenters. The van der Waals surface area contributed by atoms with Crippen LogP contribution in [0, 0.1) is 18.2 Å². The van der Waals surface area contributed by atoms with Crippen LogP contribution in [0.25, 0.3) is 0 Å². The molecule has 160 valence electrons. The molecule has 3 rings (SSSR count). The number of rotatable bonds is 5. The van der Waals surface area contributed by atoms with Gasteiger partial charge in [-0.2, -0.15) is 18.3 Å². The lowest BCUT2D eigenvalue weighted by atomic mass is 10.1. The number of halogens is 4. The Morgan fingerprint density at radius 1 is 1.30 bits per heavy atom. The first-order chi connectivity index (χ1) is 14.1. The van der Waals surface area contributed by atoms with Gasteiger partial charge in [0.1, 0.15) is 11.9 Å². The minimum Gasteiger partial charge on any atom is -0.357 e. The Morgan fingerprint density at radius 2 is 1.97 bits per heavy atom. The molecule has 2 N–H and O–H groups in total. The van der Waals surface area contributed by atoms with E-state index >= 15 is 0 Å². The monoisotopic (exact) mass is 423 g/mol. The fourth-order valence-electron chi connectivity index (χ4n) is 3.40. The van der Waals surface area contributed by atoms with Gasteiger partial charge in [-0.25, -0.2) is 4.39 Å². The van der Waals surface area contributed by atoms with Crippen LogP contribution in [0.4, 0.5) is 23.2 Å². The Kier molecular flexibility index (Phi) is 5.95. The number of carbonyl (C=O) groups is 1. The van der Waals surface area contributed by atoms with Gasteiger partial charge in [-0.15, -0.1) is 0 Å². The third kappa shape index (κ3) is 4.37. The van der Waals surface area contributed by atoms with Crippen molar-refractivity contribution in [1.29, 1.82) is 5.41 Å². The zero-order valence-electron chi connectivity index (χ0n) is 16.4. The number of aromatic nitrogens is 2. The summed E-state index contributed by atoms with van der Waals surface area (Å²) in [5.41, 5.74) is 0.690. The molecule has 1 aromatic heterocycles. The molecule has 1 aliphatic rings. The second-order valence-electron chi connectivity index (χ2n) is 7.02. The van der Waals surface area contributed by atoms with Crippen molar-refractivity contribution in [3.63, 3.8) is 0 Å². The quantitative estimate of drug-likeness (QED) is 0.549. The third-order valence-electron chi connectivity index (χ3n) is 4.89. The van der Waals surface area contributed by atoms with E-state index in [1.165, 1.54) is 30.9 Å². The summed E-state index contributed by atoms with van der Waals surface area (Å²) in [6.45, 7) is 3.26. The van der Waals surface area contributed by atoms with Gasteiger partial charge in [-0.05, 0) is 57.0 Å². The molecule has 1 unspecified atom stereocenters. The number of anilines is 1. The van der Waals surface area contributed by atoms with Gasteiger partial charge in [0.25, 0.3) is 5.91 Å². The van der Waals surface area contributed by atoms with Crippen molar-refractivity contribution in [2.24, 2.45) is 0 Å². The van der Waals surface area contributed by atoms with Crippen LogP contribution in [-0.2, 0) is 11.0 Å². The van der Waals surface area contributed by atoms with Crippen molar-refractivity contribution in [1.82, 2.24) is 14.7 Å². The van der Waals surface area contributed by atoms with Crippen molar-refractivity contribution in [3.05, 3.63) is 58.9 Å². The second-order valence-corrected chi connectivity index (χ2v) is 7.02. The van der Waals surface area contributed by atoms with Crippen LogP contribution >= 0.6 is 0 Å². The van der Waals surface area contributed by atoms with Crippen molar-refractivity contribution < 1.29 is 22.4 Å². The summed E-state index contributed by atoms with van der Waals surface area (Å²) >= 11 is 0. The van der Waals surface area contributed by atoms with Crippen LogP contribution < -0.4 is 5.32 Å². The Labute approximate surface area is 170 Å². The number of nitrogens with one attached hydrogen (secondary N) is 2. The van der Waals surface area contributed by atoms with E-state index in [0.717, 1.165) is 17.0 Å². The first-order valence-electron chi connectivity index (χ1n) is 9.32. The maximum absolute atomic E-state index is 13.1. The van der Waals surface area contributed by atoms with E-state index in [0.29, 0.717) is 36.5 Å². The number of nitrogens with zero attached hydrogens (tertiary/aromatic N) is 3. The average molecular weight is 423 g/mol. The van der Waals surface area contributed by atoms with Gasteiger partial charge in [-0.1, -0.05) is 0 Å². The van der Waals surface area contributed by atoms with E-state index in [1.54, 1.807) is 12.1 Å². The van der Waals surface area contributed by atoms with E-state index in [1.807, 2.05) is 0 Å².